The molecule has 6 heteroatoms. The largest absolute Gasteiger partial charge is 0.463 e. The summed E-state index contributed by atoms with van der Waals surface area (Å²) < 4.78 is 5.40. The number of nitrogens with two attached hydrogens (primary N) is 1. The molecule has 0 amide bonds. The average molecular weight is 267 g/mol. The van der Waals surface area contributed by atoms with Gasteiger partial charge in [0.2, 0.25) is 0 Å². The zero-order valence-electron chi connectivity index (χ0n) is 10.5. The Hall–Kier alpha value is -3.02. The van der Waals surface area contributed by atoms with Crippen molar-refractivity contribution in [3.05, 3.63) is 43.1 Å². The van der Waals surface area contributed by atoms with Gasteiger partial charge in [-0.05, 0) is 31.0 Å². The molecule has 0 saturated carbocycles. The summed E-state index contributed by atoms with van der Waals surface area (Å²) in [6.07, 6.45) is 4.71. The van der Waals surface area contributed by atoms with Crippen LogP contribution in [0.2, 0.25) is 0 Å². The molecular formula is C14H13N5O. The number of hydrogen-bond donors (Lipinski definition) is 1. The number of anilines is 1. The van der Waals surface area contributed by atoms with Crippen molar-refractivity contribution in [2.75, 3.05) is 5.73 Å². The lowest BCUT2D eigenvalue weighted by atomic mass is 10.1. The molecule has 0 fully saturated rings. The second-order valence-electron chi connectivity index (χ2n) is 4.02. The molecule has 0 aromatic carbocycles. The summed E-state index contributed by atoms with van der Waals surface area (Å²) in [5.41, 5.74) is 8.46. The van der Waals surface area contributed by atoms with Crippen molar-refractivity contribution in [1.82, 2.24) is 15.0 Å². The van der Waals surface area contributed by atoms with Gasteiger partial charge in [0, 0.05) is 13.2 Å². The Morgan fingerprint density at radius 2 is 2.25 bits per heavy atom. The molecule has 20 heavy (non-hydrogen) atoms. The molecule has 3 aromatic rings. The van der Waals surface area contributed by atoms with Crippen LogP contribution in [0.3, 0.4) is 0 Å². The van der Waals surface area contributed by atoms with Gasteiger partial charge in [0.05, 0.1) is 12.0 Å². The van der Waals surface area contributed by atoms with Crippen LogP contribution >= 0.6 is 0 Å². The predicted molar refractivity (Wildman–Crippen MR) is 78.7 cm³/mol. The molecular weight excluding hydrogens is 254 g/mol. The van der Waals surface area contributed by atoms with E-state index in [1.54, 1.807) is 30.7 Å². The summed E-state index contributed by atoms with van der Waals surface area (Å²) in [6, 6.07) is 7.17. The highest BCUT2D eigenvalue weighted by Crippen LogP contribution is 2.35. The predicted octanol–water partition coefficient (Wildman–Crippen LogP) is 2.96. The Kier molecular flexibility index (Phi) is 2.96. The molecule has 3 rings (SSSR count). The molecule has 0 spiro atoms. The first-order chi connectivity index (χ1) is 9.79. The SMILES string of the molecule is C=Nc1cc(-c2ccncn2)c(-c2ccco2)nc1N.[HH]. The van der Waals surface area contributed by atoms with Crippen LogP contribution in [0.4, 0.5) is 11.5 Å². The van der Waals surface area contributed by atoms with Crippen molar-refractivity contribution in [1.29, 1.82) is 0 Å². The molecule has 0 atom stereocenters. The second kappa shape index (κ2) is 4.93. The van der Waals surface area contributed by atoms with Gasteiger partial charge >= 0.3 is 0 Å². The van der Waals surface area contributed by atoms with E-state index in [2.05, 4.69) is 26.7 Å². The normalized spacial score (nSPS) is 10.4. The van der Waals surface area contributed by atoms with Crippen LogP contribution in [0.15, 0.2) is 52.5 Å². The fourth-order valence-electron chi connectivity index (χ4n) is 1.89. The molecule has 3 aromatic heterocycles. The van der Waals surface area contributed by atoms with Crippen LogP contribution in [-0.4, -0.2) is 21.7 Å². The summed E-state index contributed by atoms with van der Waals surface area (Å²) in [5.74, 6) is 0.908. The van der Waals surface area contributed by atoms with Crippen molar-refractivity contribution in [3.8, 4) is 22.7 Å². The van der Waals surface area contributed by atoms with Gasteiger partial charge in [0.1, 0.15) is 23.5 Å². The smallest absolute Gasteiger partial charge is 0.153 e. The van der Waals surface area contributed by atoms with Crippen LogP contribution in [0, 0.1) is 0 Å². The molecule has 0 saturated heterocycles. The number of aliphatic imine (C=N–C) groups is 1. The Morgan fingerprint density at radius 1 is 1.35 bits per heavy atom. The zero-order valence-corrected chi connectivity index (χ0v) is 10.5. The van der Waals surface area contributed by atoms with Crippen LogP contribution in [0.5, 0.6) is 0 Å². The van der Waals surface area contributed by atoms with Crippen molar-refractivity contribution < 1.29 is 5.84 Å². The number of aromatic nitrogens is 3. The molecule has 0 radical (unpaired) electrons. The van der Waals surface area contributed by atoms with E-state index in [-0.39, 0.29) is 1.43 Å². The van der Waals surface area contributed by atoms with Crippen molar-refractivity contribution in [3.63, 3.8) is 0 Å². The molecule has 0 unspecified atom stereocenters. The first-order valence-corrected chi connectivity index (χ1v) is 5.87. The minimum Gasteiger partial charge on any atom is -0.463 e. The first kappa shape index (κ1) is 12.0. The number of furan rings is 1. The Labute approximate surface area is 116 Å². The lowest BCUT2D eigenvalue weighted by molar-refractivity contribution is 0.580. The van der Waals surface area contributed by atoms with Gasteiger partial charge in [-0.2, -0.15) is 0 Å². The van der Waals surface area contributed by atoms with E-state index in [4.69, 9.17) is 10.2 Å². The second-order valence-corrected chi connectivity index (χ2v) is 4.02. The minimum atomic E-state index is 0. The van der Waals surface area contributed by atoms with Crippen molar-refractivity contribution in [2.24, 2.45) is 4.99 Å². The fraction of sp³-hybridized carbons (Fsp3) is 0. The lowest BCUT2D eigenvalue weighted by Gasteiger charge is -2.09. The van der Waals surface area contributed by atoms with Gasteiger partial charge < -0.3 is 10.2 Å². The van der Waals surface area contributed by atoms with Gasteiger partial charge in [0.15, 0.2) is 5.76 Å². The van der Waals surface area contributed by atoms with E-state index in [1.165, 1.54) is 6.33 Å². The van der Waals surface area contributed by atoms with E-state index in [1.807, 2.05) is 6.07 Å². The Morgan fingerprint density at radius 3 is 2.90 bits per heavy atom. The van der Waals surface area contributed by atoms with Crippen LogP contribution in [0.25, 0.3) is 22.7 Å². The molecule has 3 heterocycles. The zero-order chi connectivity index (χ0) is 13.9. The van der Waals surface area contributed by atoms with E-state index in [9.17, 15) is 0 Å². The molecule has 6 nitrogen and oxygen atoms in total. The number of hydrogen-bond acceptors (Lipinski definition) is 6. The summed E-state index contributed by atoms with van der Waals surface area (Å²) in [7, 11) is 0. The van der Waals surface area contributed by atoms with E-state index < -0.39 is 0 Å². The maximum absolute atomic E-state index is 5.87. The Bertz CT molecular complexity index is 744. The Balaban J connectivity index is 0.00000161. The van der Waals surface area contributed by atoms with Crippen LogP contribution in [0.1, 0.15) is 1.43 Å². The monoisotopic (exact) mass is 267 g/mol. The first-order valence-electron chi connectivity index (χ1n) is 5.87. The van der Waals surface area contributed by atoms with Crippen molar-refractivity contribution >= 4 is 18.2 Å². The fourth-order valence-corrected chi connectivity index (χ4v) is 1.89. The molecule has 2 N–H and O–H groups in total. The van der Waals surface area contributed by atoms with Crippen molar-refractivity contribution in [2.45, 2.75) is 0 Å². The number of nitrogen functional groups attached to an aromatic ring is 1. The third-order valence-electron chi connectivity index (χ3n) is 2.81. The highest BCUT2D eigenvalue weighted by molar-refractivity contribution is 5.82. The third kappa shape index (κ3) is 2.03. The van der Waals surface area contributed by atoms with Crippen LogP contribution < -0.4 is 5.73 Å². The standard InChI is InChI=1S/C14H11N5O.H2/c1-16-11-7-9(10-4-5-17-8-18-10)13(19-14(11)15)12-3-2-6-20-12;/h2-8H,1H2,(H2,15,19);1H. The lowest BCUT2D eigenvalue weighted by Crippen LogP contribution is -1.97. The molecule has 0 bridgehead atoms. The van der Waals surface area contributed by atoms with E-state index in [0.717, 1.165) is 5.56 Å². The molecule has 0 aliphatic rings. The number of nitrogens with zero attached hydrogens (tertiary/aromatic N) is 4. The van der Waals surface area contributed by atoms with Gasteiger partial charge in [-0.15, -0.1) is 0 Å². The van der Waals surface area contributed by atoms with E-state index >= 15 is 0 Å². The minimum absolute atomic E-state index is 0. The number of rotatable bonds is 3. The molecule has 0 aliphatic heterocycles. The summed E-state index contributed by atoms with van der Waals surface area (Å²) in [6.45, 7) is 3.49. The van der Waals surface area contributed by atoms with Gasteiger partial charge in [-0.3, -0.25) is 4.99 Å². The number of pyridine rings is 1. The maximum Gasteiger partial charge on any atom is 0.153 e. The average Bonchev–Trinajstić information content (AvgIpc) is 3.02. The molecule has 100 valence electrons. The van der Waals surface area contributed by atoms with Gasteiger partial charge in [-0.1, -0.05) is 0 Å². The quantitative estimate of drug-likeness (QED) is 0.737. The van der Waals surface area contributed by atoms with Crippen LogP contribution in [-0.2, 0) is 0 Å². The maximum atomic E-state index is 5.87. The topological polar surface area (TPSA) is 90.2 Å². The highest BCUT2D eigenvalue weighted by Gasteiger charge is 2.15. The third-order valence-corrected chi connectivity index (χ3v) is 2.81. The summed E-state index contributed by atoms with van der Waals surface area (Å²) in [5, 5.41) is 0. The molecule has 0 aliphatic carbocycles. The van der Waals surface area contributed by atoms with Gasteiger partial charge in [-0.25, -0.2) is 15.0 Å². The summed E-state index contributed by atoms with van der Waals surface area (Å²) >= 11 is 0. The van der Waals surface area contributed by atoms with Gasteiger partial charge in [0.25, 0.3) is 0 Å². The summed E-state index contributed by atoms with van der Waals surface area (Å²) in [4.78, 5) is 16.4. The highest BCUT2D eigenvalue weighted by atomic mass is 16.3. The van der Waals surface area contributed by atoms with E-state index in [0.29, 0.717) is 28.7 Å².